The van der Waals surface area contributed by atoms with Gasteiger partial charge in [-0.2, -0.15) is 0 Å². The maximum atomic E-state index is 12.9. The Morgan fingerprint density at radius 1 is 1.29 bits per heavy atom. The Balaban J connectivity index is 1.87. The Hall–Kier alpha value is -2.29. The fourth-order valence-corrected chi connectivity index (χ4v) is 3.11. The summed E-state index contributed by atoms with van der Waals surface area (Å²) in [6, 6.07) is 7.09. The highest BCUT2D eigenvalue weighted by Gasteiger charge is 2.47. The number of hydrogen-bond acceptors (Lipinski definition) is 6. The number of amides is 3. The molecule has 2 aliphatic rings. The number of para-hydroxylation sites is 1. The zero-order valence-electron chi connectivity index (χ0n) is 13.3. The average molecular weight is 332 g/mol. The van der Waals surface area contributed by atoms with Crippen LogP contribution in [0.15, 0.2) is 30.3 Å². The molecule has 3 rings (SSSR count). The first-order valence-electron chi connectivity index (χ1n) is 7.79. The molecule has 3 unspecified atom stereocenters. The van der Waals surface area contributed by atoms with E-state index in [0.717, 1.165) is 11.2 Å². The SMILES string of the molecule is COCCN1CC(C=O)NC2C(=O)N(c3ccccc3)C(=O)NC21. The van der Waals surface area contributed by atoms with E-state index in [1.807, 2.05) is 11.0 Å². The van der Waals surface area contributed by atoms with Crippen LogP contribution in [0.25, 0.3) is 0 Å². The molecule has 1 aromatic rings. The van der Waals surface area contributed by atoms with E-state index < -0.39 is 24.3 Å². The fourth-order valence-electron chi connectivity index (χ4n) is 3.11. The smallest absolute Gasteiger partial charge is 0.330 e. The largest absolute Gasteiger partial charge is 0.383 e. The van der Waals surface area contributed by atoms with Crippen LogP contribution in [0, 0.1) is 0 Å². The highest BCUT2D eigenvalue weighted by Crippen LogP contribution is 2.22. The number of benzene rings is 1. The second-order valence-corrected chi connectivity index (χ2v) is 5.78. The second kappa shape index (κ2) is 7.08. The van der Waals surface area contributed by atoms with Gasteiger partial charge in [-0.05, 0) is 12.1 Å². The number of piperazine rings is 1. The van der Waals surface area contributed by atoms with Crippen molar-refractivity contribution in [2.24, 2.45) is 0 Å². The number of methoxy groups -OCH3 is 1. The molecule has 0 radical (unpaired) electrons. The zero-order valence-corrected chi connectivity index (χ0v) is 13.3. The van der Waals surface area contributed by atoms with E-state index in [-0.39, 0.29) is 5.91 Å². The van der Waals surface area contributed by atoms with Crippen LogP contribution < -0.4 is 15.5 Å². The van der Waals surface area contributed by atoms with E-state index in [9.17, 15) is 14.4 Å². The Kier molecular flexibility index (Phi) is 4.89. The summed E-state index contributed by atoms with van der Waals surface area (Å²) in [5, 5.41) is 5.88. The van der Waals surface area contributed by atoms with Crippen LogP contribution in [0.4, 0.5) is 10.5 Å². The summed E-state index contributed by atoms with van der Waals surface area (Å²) >= 11 is 0. The lowest BCUT2D eigenvalue weighted by molar-refractivity contribution is -0.126. The van der Waals surface area contributed by atoms with E-state index in [0.29, 0.717) is 25.4 Å². The molecule has 8 heteroatoms. The molecule has 0 aromatic heterocycles. The van der Waals surface area contributed by atoms with Crippen molar-refractivity contribution >= 4 is 23.9 Å². The van der Waals surface area contributed by atoms with Gasteiger partial charge in [-0.25, -0.2) is 9.69 Å². The molecule has 2 saturated heterocycles. The number of hydrogen-bond donors (Lipinski definition) is 2. The van der Waals surface area contributed by atoms with E-state index in [2.05, 4.69) is 10.6 Å². The number of ether oxygens (including phenoxy) is 1. The third kappa shape index (κ3) is 3.03. The molecule has 3 amide bonds. The molecule has 8 nitrogen and oxygen atoms in total. The van der Waals surface area contributed by atoms with Crippen LogP contribution in [-0.4, -0.2) is 68.2 Å². The standard InChI is InChI=1S/C16H20N4O4/c1-24-8-7-19-9-11(10-21)17-13-14(19)18-16(23)20(15(13)22)12-5-3-2-4-6-12/h2-6,10-11,13-14,17H,7-9H2,1H3,(H,18,23). The van der Waals surface area contributed by atoms with Crippen molar-refractivity contribution < 1.29 is 19.1 Å². The van der Waals surface area contributed by atoms with Gasteiger partial charge in [-0.1, -0.05) is 18.2 Å². The van der Waals surface area contributed by atoms with E-state index in [1.165, 1.54) is 0 Å². The molecular formula is C16H20N4O4. The molecule has 3 atom stereocenters. The molecule has 0 saturated carbocycles. The zero-order chi connectivity index (χ0) is 17.1. The van der Waals surface area contributed by atoms with Crippen molar-refractivity contribution in [2.45, 2.75) is 18.2 Å². The Bertz CT molecular complexity index is 624. The van der Waals surface area contributed by atoms with E-state index >= 15 is 0 Å². The minimum Gasteiger partial charge on any atom is -0.383 e. The van der Waals surface area contributed by atoms with Crippen molar-refractivity contribution in [1.82, 2.24) is 15.5 Å². The first-order chi connectivity index (χ1) is 11.7. The monoisotopic (exact) mass is 332 g/mol. The number of imide groups is 1. The number of aldehydes is 1. The molecule has 0 aliphatic carbocycles. The van der Waals surface area contributed by atoms with Crippen LogP contribution in [0.5, 0.6) is 0 Å². The Morgan fingerprint density at radius 2 is 2.04 bits per heavy atom. The minimum absolute atomic E-state index is 0.371. The van der Waals surface area contributed by atoms with E-state index in [4.69, 9.17) is 4.74 Å². The molecule has 1 aromatic carbocycles. The Morgan fingerprint density at radius 3 is 2.71 bits per heavy atom. The lowest BCUT2D eigenvalue weighted by Crippen LogP contribution is -2.77. The molecule has 2 aliphatic heterocycles. The van der Waals surface area contributed by atoms with Crippen LogP contribution in [-0.2, 0) is 14.3 Å². The van der Waals surface area contributed by atoms with Crippen molar-refractivity contribution in [1.29, 1.82) is 0 Å². The fraction of sp³-hybridized carbons (Fsp3) is 0.438. The summed E-state index contributed by atoms with van der Waals surface area (Å²) in [5.41, 5.74) is 0.497. The van der Waals surface area contributed by atoms with Gasteiger partial charge in [0.15, 0.2) is 0 Å². The summed E-state index contributed by atoms with van der Waals surface area (Å²) in [4.78, 5) is 39.6. The van der Waals surface area contributed by atoms with Gasteiger partial charge < -0.3 is 14.8 Å². The number of anilines is 1. The number of nitrogens with one attached hydrogen (secondary N) is 2. The average Bonchev–Trinajstić information content (AvgIpc) is 2.61. The molecule has 0 spiro atoms. The van der Waals surface area contributed by atoms with Gasteiger partial charge in [0.25, 0.3) is 5.91 Å². The normalized spacial score (nSPS) is 27.5. The van der Waals surface area contributed by atoms with Gasteiger partial charge in [0.2, 0.25) is 0 Å². The van der Waals surface area contributed by atoms with Crippen LogP contribution in [0.2, 0.25) is 0 Å². The van der Waals surface area contributed by atoms with Crippen molar-refractivity contribution in [2.75, 3.05) is 31.7 Å². The highest BCUT2D eigenvalue weighted by molar-refractivity contribution is 6.18. The Labute approximate surface area is 139 Å². The number of urea groups is 1. The minimum atomic E-state index is -0.691. The summed E-state index contributed by atoms with van der Waals surface area (Å²) in [5.74, 6) is -0.371. The predicted molar refractivity (Wildman–Crippen MR) is 86.5 cm³/mol. The molecule has 0 bridgehead atoms. The second-order valence-electron chi connectivity index (χ2n) is 5.78. The quantitative estimate of drug-likeness (QED) is 0.710. The predicted octanol–water partition coefficient (Wildman–Crippen LogP) is -0.443. The number of fused-ring (bicyclic) bond motifs is 1. The number of nitrogens with zero attached hydrogens (tertiary/aromatic N) is 2. The summed E-state index contributed by atoms with van der Waals surface area (Å²) in [6.07, 6.45) is 0.281. The third-order valence-corrected chi connectivity index (χ3v) is 4.26. The van der Waals surface area contributed by atoms with Crippen molar-refractivity contribution in [3.8, 4) is 0 Å². The summed E-state index contributed by atoms with van der Waals surface area (Å²) < 4.78 is 5.08. The van der Waals surface area contributed by atoms with Gasteiger partial charge in [0.1, 0.15) is 18.5 Å². The van der Waals surface area contributed by atoms with Gasteiger partial charge in [-0.15, -0.1) is 0 Å². The van der Waals surface area contributed by atoms with Crippen LogP contribution >= 0.6 is 0 Å². The summed E-state index contributed by atoms with van der Waals surface area (Å²) in [6.45, 7) is 1.37. The molecule has 2 heterocycles. The molecule has 24 heavy (non-hydrogen) atoms. The van der Waals surface area contributed by atoms with Crippen LogP contribution in [0.3, 0.4) is 0 Å². The highest BCUT2D eigenvalue weighted by atomic mass is 16.5. The van der Waals surface area contributed by atoms with Crippen molar-refractivity contribution in [3.05, 3.63) is 30.3 Å². The lowest BCUT2D eigenvalue weighted by atomic mass is 10.0. The first kappa shape index (κ1) is 16.6. The molecule has 2 fully saturated rings. The van der Waals surface area contributed by atoms with Gasteiger partial charge >= 0.3 is 6.03 Å². The maximum absolute atomic E-state index is 12.9. The van der Waals surface area contributed by atoms with E-state index in [1.54, 1.807) is 31.4 Å². The number of carbonyl (C=O) groups is 3. The summed E-state index contributed by atoms with van der Waals surface area (Å²) in [7, 11) is 1.58. The molecular weight excluding hydrogens is 312 g/mol. The third-order valence-electron chi connectivity index (χ3n) is 4.26. The number of rotatable bonds is 5. The molecule has 2 N–H and O–H groups in total. The maximum Gasteiger partial charge on any atom is 0.330 e. The lowest BCUT2D eigenvalue weighted by Gasteiger charge is -2.47. The first-order valence-corrected chi connectivity index (χ1v) is 7.79. The molecule has 128 valence electrons. The van der Waals surface area contributed by atoms with Gasteiger partial charge in [-0.3, -0.25) is 15.0 Å². The van der Waals surface area contributed by atoms with Crippen LogP contribution in [0.1, 0.15) is 0 Å². The number of carbonyl (C=O) groups excluding carboxylic acids is 3. The van der Waals surface area contributed by atoms with Gasteiger partial charge in [0.05, 0.1) is 18.3 Å². The van der Waals surface area contributed by atoms with Gasteiger partial charge in [0, 0.05) is 20.2 Å². The van der Waals surface area contributed by atoms with Crippen molar-refractivity contribution in [3.63, 3.8) is 0 Å². The topological polar surface area (TPSA) is 91.0 Å².